The molecule has 0 aliphatic carbocycles. The molecule has 2 heteroatoms. The summed E-state index contributed by atoms with van der Waals surface area (Å²) in [4.78, 5) is 12.6. The highest BCUT2D eigenvalue weighted by molar-refractivity contribution is 5.72. The van der Waals surface area contributed by atoms with Crippen LogP contribution >= 0.6 is 0 Å². The number of amides is 1. The first-order valence-electron chi connectivity index (χ1n) is 4.66. The lowest BCUT2D eigenvalue weighted by Gasteiger charge is -2.20. The minimum absolute atomic E-state index is 0.158. The van der Waals surface area contributed by atoms with Crippen molar-refractivity contribution in [2.75, 3.05) is 13.6 Å². The summed E-state index contributed by atoms with van der Waals surface area (Å²) in [6.07, 6.45) is 1.10. The van der Waals surface area contributed by atoms with Crippen LogP contribution in [0.3, 0.4) is 0 Å². The standard InChI is InChI=1S/C10H21NO/c1-8(2)9(3)6-7-11(5)10(4)12/h8-9H,6-7H2,1-5H3. The largest absolute Gasteiger partial charge is 0.346 e. The van der Waals surface area contributed by atoms with E-state index in [2.05, 4.69) is 20.8 Å². The lowest BCUT2D eigenvalue weighted by atomic mass is 9.95. The van der Waals surface area contributed by atoms with Crippen LogP contribution in [0.1, 0.15) is 34.1 Å². The summed E-state index contributed by atoms with van der Waals surface area (Å²) in [5, 5.41) is 0. The first kappa shape index (κ1) is 11.5. The van der Waals surface area contributed by atoms with Crippen molar-refractivity contribution in [3.05, 3.63) is 0 Å². The summed E-state index contributed by atoms with van der Waals surface area (Å²) in [6.45, 7) is 9.17. The number of rotatable bonds is 4. The van der Waals surface area contributed by atoms with Crippen LogP contribution in [-0.2, 0) is 4.79 Å². The van der Waals surface area contributed by atoms with Crippen molar-refractivity contribution in [2.24, 2.45) is 11.8 Å². The van der Waals surface area contributed by atoms with Crippen LogP contribution in [0.25, 0.3) is 0 Å². The molecule has 1 amide bonds. The van der Waals surface area contributed by atoms with Crippen LogP contribution in [-0.4, -0.2) is 24.4 Å². The zero-order chi connectivity index (χ0) is 9.72. The number of hydrogen-bond donors (Lipinski definition) is 0. The maximum absolute atomic E-state index is 10.9. The molecular weight excluding hydrogens is 150 g/mol. The second-order valence-electron chi connectivity index (χ2n) is 3.95. The minimum atomic E-state index is 0.158. The molecule has 0 bridgehead atoms. The third-order valence-electron chi connectivity index (χ3n) is 2.60. The molecule has 0 radical (unpaired) electrons. The maximum atomic E-state index is 10.9. The molecule has 0 N–H and O–H groups in total. The fraction of sp³-hybridized carbons (Fsp3) is 0.900. The van der Waals surface area contributed by atoms with Crippen LogP contribution < -0.4 is 0 Å². The van der Waals surface area contributed by atoms with Gasteiger partial charge in [-0.2, -0.15) is 0 Å². The third-order valence-corrected chi connectivity index (χ3v) is 2.60. The van der Waals surface area contributed by atoms with Crippen LogP contribution in [0.15, 0.2) is 0 Å². The fourth-order valence-corrected chi connectivity index (χ4v) is 0.888. The average Bonchev–Trinajstić information content (AvgIpc) is 1.98. The lowest BCUT2D eigenvalue weighted by Crippen LogP contribution is -2.26. The van der Waals surface area contributed by atoms with Gasteiger partial charge in [0.05, 0.1) is 0 Å². The van der Waals surface area contributed by atoms with E-state index in [0.717, 1.165) is 13.0 Å². The van der Waals surface area contributed by atoms with Gasteiger partial charge in [-0.05, 0) is 18.3 Å². The minimum Gasteiger partial charge on any atom is -0.346 e. The second kappa shape index (κ2) is 5.18. The summed E-state index contributed by atoms with van der Waals surface area (Å²) in [5.74, 6) is 1.57. The summed E-state index contributed by atoms with van der Waals surface area (Å²) >= 11 is 0. The van der Waals surface area contributed by atoms with Crippen LogP contribution in [0.5, 0.6) is 0 Å². The molecule has 0 aromatic heterocycles. The van der Waals surface area contributed by atoms with Crippen LogP contribution in [0, 0.1) is 11.8 Å². The quantitative estimate of drug-likeness (QED) is 0.634. The predicted molar refractivity (Wildman–Crippen MR) is 51.9 cm³/mol. The van der Waals surface area contributed by atoms with E-state index < -0.39 is 0 Å². The average molecular weight is 171 g/mol. The zero-order valence-electron chi connectivity index (χ0n) is 8.92. The van der Waals surface area contributed by atoms with Gasteiger partial charge in [0.15, 0.2) is 0 Å². The number of carbonyl (C=O) groups is 1. The molecule has 0 heterocycles. The van der Waals surface area contributed by atoms with E-state index in [0.29, 0.717) is 11.8 Å². The topological polar surface area (TPSA) is 20.3 Å². The Kier molecular flexibility index (Phi) is 4.95. The highest BCUT2D eigenvalue weighted by Gasteiger charge is 2.09. The van der Waals surface area contributed by atoms with Crippen molar-refractivity contribution in [2.45, 2.75) is 34.1 Å². The Morgan fingerprint density at radius 1 is 1.33 bits per heavy atom. The molecule has 0 saturated carbocycles. The van der Waals surface area contributed by atoms with Crippen molar-refractivity contribution < 1.29 is 4.79 Å². The number of nitrogens with zero attached hydrogens (tertiary/aromatic N) is 1. The predicted octanol–water partition coefficient (Wildman–Crippen LogP) is 2.15. The summed E-state index contributed by atoms with van der Waals surface area (Å²) < 4.78 is 0. The highest BCUT2D eigenvalue weighted by atomic mass is 16.2. The molecule has 0 spiro atoms. The van der Waals surface area contributed by atoms with Gasteiger partial charge in [0.25, 0.3) is 0 Å². The Hall–Kier alpha value is -0.530. The van der Waals surface area contributed by atoms with Gasteiger partial charge >= 0.3 is 0 Å². The monoisotopic (exact) mass is 171 g/mol. The molecule has 0 fully saturated rings. The third kappa shape index (κ3) is 4.37. The van der Waals surface area contributed by atoms with Crippen molar-refractivity contribution in [1.82, 2.24) is 4.90 Å². The van der Waals surface area contributed by atoms with E-state index in [1.165, 1.54) is 0 Å². The SMILES string of the molecule is CC(=O)N(C)CCC(C)C(C)C. The van der Waals surface area contributed by atoms with Crippen LogP contribution in [0.4, 0.5) is 0 Å². The van der Waals surface area contributed by atoms with Gasteiger partial charge in [-0.15, -0.1) is 0 Å². The fourth-order valence-electron chi connectivity index (χ4n) is 0.888. The van der Waals surface area contributed by atoms with Gasteiger partial charge in [-0.3, -0.25) is 4.79 Å². The Balaban J connectivity index is 3.61. The number of carbonyl (C=O) groups excluding carboxylic acids is 1. The Bertz CT molecular complexity index is 143. The van der Waals surface area contributed by atoms with Gasteiger partial charge in [-0.25, -0.2) is 0 Å². The zero-order valence-corrected chi connectivity index (χ0v) is 8.92. The number of hydrogen-bond acceptors (Lipinski definition) is 1. The molecule has 0 saturated heterocycles. The van der Waals surface area contributed by atoms with E-state index in [1.54, 1.807) is 11.8 Å². The smallest absolute Gasteiger partial charge is 0.219 e. The molecule has 0 aromatic carbocycles. The van der Waals surface area contributed by atoms with Crippen LogP contribution in [0.2, 0.25) is 0 Å². The van der Waals surface area contributed by atoms with Gasteiger partial charge in [0.1, 0.15) is 0 Å². The molecule has 0 aliphatic heterocycles. The van der Waals surface area contributed by atoms with Crippen molar-refractivity contribution >= 4 is 5.91 Å². The Labute approximate surface area is 75.9 Å². The lowest BCUT2D eigenvalue weighted by molar-refractivity contribution is -0.127. The van der Waals surface area contributed by atoms with Crippen molar-refractivity contribution in [1.29, 1.82) is 0 Å². The first-order valence-corrected chi connectivity index (χ1v) is 4.66. The molecule has 72 valence electrons. The highest BCUT2D eigenvalue weighted by Crippen LogP contribution is 2.13. The molecule has 0 aromatic rings. The van der Waals surface area contributed by atoms with Gasteiger partial charge in [0, 0.05) is 20.5 Å². The molecule has 2 nitrogen and oxygen atoms in total. The second-order valence-corrected chi connectivity index (χ2v) is 3.95. The van der Waals surface area contributed by atoms with E-state index in [1.807, 2.05) is 7.05 Å². The first-order chi connectivity index (χ1) is 5.45. The maximum Gasteiger partial charge on any atom is 0.219 e. The molecular formula is C10H21NO. The molecule has 0 aliphatic rings. The van der Waals surface area contributed by atoms with E-state index in [9.17, 15) is 4.79 Å². The normalized spacial score (nSPS) is 13.2. The Morgan fingerprint density at radius 2 is 1.83 bits per heavy atom. The molecule has 1 atom stereocenters. The van der Waals surface area contributed by atoms with Gasteiger partial charge in [-0.1, -0.05) is 20.8 Å². The van der Waals surface area contributed by atoms with E-state index in [4.69, 9.17) is 0 Å². The van der Waals surface area contributed by atoms with E-state index in [-0.39, 0.29) is 5.91 Å². The Morgan fingerprint density at radius 3 is 2.17 bits per heavy atom. The van der Waals surface area contributed by atoms with E-state index >= 15 is 0 Å². The summed E-state index contributed by atoms with van der Waals surface area (Å²) in [6, 6.07) is 0. The summed E-state index contributed by atoms with van der Waals surface area (Å²) in [7, 11) is 1.86. The van der Waals surface area contributed by atoms with Gasteiger partial charge < -0.3 is 4.90 Å². The van der Waals surface area contributed by atoms with Crippen molar-refractivity contribution in [3.63, 3.8) is 0 Å². The molecule has 0 rings (SSSR count). The van der Waals surface area contributed by atoms with Gasteiger partial charge in [0.2, 0.25) is 5.91 Å². The molecule has 12 heavy (non-hydrogen) atoms. The summed E-state index contributed by atoms with van der Waals surface area (Å²) in [5.41, 5.74) is 0. The van der Waals surface area contributed by atoms with Crippen molar-refractivity contribution in [3.8, 4) is 0 Å². The molecule has 1 unspecified atom stereocenters.